The first-order chi connectivity index (χ1) is 10.5. The molecule has 0 aromatic heterocycles. The quantitative estimate of drug-likeness (QED) is 0.740. The van der Waals surface area contributed by atoms with Crippen molar-refractivity contribution >= 4 is 33.8 Å². The third-order valence-corrected chi connectivity index (χ3v) is 6.15. The molecular formula is C15H19NO4S2. The molecule has 1 fully saturated rings. The average molecular weight is 341 g/mol. The van der Waals surface area contributed by atoms with Crippen LogP contribution in [-0.2, 0) is 19.6 Å². The van der Waals surface area contributed by atoms with Crippen LogP contribution in [0.4, 0.5) is 0 Å². The van der Waals surface area contributed by atoms with Gasteiger partial charge in [-0.05, 0) is 18.1 Å². The first-order valence-corrected chi connectivity index (χ1v) is 9.48. The third-order valence-electron chi connectivity index (χ3n) is 3.36. The fourth-order valence-electron chi connectivity index (χ4n) is 2.12. The van der Waals surface area contributed by atoms with Crippen LogP contribution < -0.4 is 0 Å². The van der Waals surface area contributed by atoms with Crippen molar-refractivity contribution in [2.24, 2.45) is 0 Å². The highest BCUT2D eigenvalue weighted by Gasteiger charge is 2.30. The lowest BCUT2D eigenvalue weighted by molar-refractivity contribution is -0.137. The zero-order valence-electron chi connectivity index (χ0n) is 12.3. The standard InChI is InChI=1S/C15H19NO4S2/c1-20-15(17)12-21-14-7-9-16(11-14)22(18,19)10-8-13-5-3-2-4-6-13/h2-6,8,10,14H,7,9,11-12H2,1H3. The summed E-state index contributed by atoms with van der Waals surface area (Å²) in [5.74, 6) is -0.0233. The summed E-state index contributed by atoms with van der Waals surface area (Å²) in [6.07, 6.45) is 2.35. The zero-order valence-corrected chi connectivity index (χ0v) is 14.0. The molecule has 0 N–H and O–H groups in total. The van der Waals surface area contributed by atoms with E-state index in [0.29, 0.717) is 13.1 Å². The van der Waals surface area contributed by atoms with Crippen LogP contribution in [-0.4, -0.2) is 49.9 Å². The number of sulfonamides is 1. The highest BCUT2D eigenvalue weighted by Crippen LogP contribution is 2.25. The molecule has 0 aliphatic carbocycles. The second kappa shape index (κ2) is 7.80. The van der Waals surface area contributed by atoms with Crippen LogP contribution in [0.25, 0.3) is 6.08 Å². The van der Waals surface area contributed by atoms with Crippen molar-refractivity contribution in [1.82, 2.24) is 4.31 Å². The number of rotatable bonds is 6. The second-order valence-electron chi connectivity index (χ2n) is 4.91. The molecule has 0 saturated carbocycles. The van der Waals surface area contributed by atoms with Gasteiger partial charge in [0.15, 0.2) is 0 Å². The van der Waals surface area contributed by atoms with E-state index in [1.54, 1.807) is 6.08 Å². The van der Waals surface area contributed by atoms with E-state index in [1.165, 1.54) is 28.6 Å². The molecule has 1 heterocycles. The van der Waals surface area contributed by atoms with Gasteiger partial charge in [-0.25, -0.2) is 8.42 Å². The number of carbonyl (C=O) groups excluding carboxylic acids is 1. The van der Waals surface area contributed by atoms with Crippen LogP contribution in [0.15, 0.2) is 35.7 Å². The summed E-state index contributed by atoms with van der Waals surface area (Å²) in [4.78, 5) is 11.1. The van der Waals surface area contributed by atoms with Crippen molar-refractivity contribution < 1.29 is 17.9 Å². The van der Waals surface area contributed by atoms with Gasteiger partial charge in [0.1, 0.15) is 0 Å². The summed E-state index contributed by atoms with van der Waals surface area (Å²) in [6.45, 7) is 0.920. The molecule has 7 heteroatoms. The van der Waals surface area contributed by atoms with Crippen molar-refractivity contribution in [3.8, 4) is 0 Å². The average Bonchev–Trinajstić information content (AvgIpc) is 3.01. The van der Waals surface area contributed by atoms with E-state index < -0.39 is 10.0 Å². The van der Waals surface area contributed by atoms with Crippen molar-refractivity contribution in [2.75, 3.05) is 26.0 Å². The Hall–Kier alpha value is -1.31. The van der Waals surface area contributed by atoms with E-state index in [4.69, 9.17) is 0 Å². The van der Waals surface area contributed by atoms with Gasteiger partial charge in [0, 0.05) is 23.7 Å². The Bertz CT molecular complexity index is 628. The molecule has 22 heavy (non-hydrogen) atoms. The molecule has 1 saturated heterocycles. The second-order valence-corrected chi connectivity index (χ2v) is 8.02. The number of hydrogen-bond donors (Lipinski definition) is 0. The fraction of sp³-hybridized carbons (Fsp3) is 0.400. The van der Waals surface area contributed by atoms with Crippen LogP contribution in [0.5, 0.6) is 0 Å². The van der Waals surface area contributed by atoms with E-state index >= 15 is 0 Å². The number of methoxy groups -OCH3 is 1. The molecule has 1 aliphatic rings. The SMILES string of the molecule is COC(=O)CSC1CCN(S(=O)(=O)C=Cc2ccccc2)C1. The number of thioether (sulfide) groups is 1. The van der Waals surface area contributed by atoms with Gasteiger partial charge >= 0.3 is 5.97 Å². The normalized spacial score (nSPS) is 19.6. The van der Waals surface area contributed by atoms with Crippen LogP contribution in [0, 0.1) is 0 Å². The number of carbonyl (C=O) groups is 1. The summed E-state index contributed by atoms with van der Waals surface area (Å²) in [6, 6.07) is 9.31. The molecule has 120 valence electrons. The van der Waals surface area contributed by atoms with E-state index in [1.807, 2.05) is 30.3 Å². The molecule has 1 aromatic carbocycles. The topological polar surface area (TPSA) is 63.7 Å². The third kappa shape index (κ3) is 4.86. The molecule has 1 aliphatic heterocycles. The predicted molar refractivity (Wildman–Crippen MR) is 88.8 cm³/mol. The van der Waals surface area contributed by atoms with Gasteiger partial charge in [0.25, 0.3) is 0 Å². The smallest absolute Gasteiger partial charge is 0.315 e. The first kappa shape index (κ1) is 17.1. The van der Waals surface area contributed by atoms with Crippen molar-refractivity contribution in [1.29, 1.82) is 0 Å². The van der Waals surface area contributed by atoms with Crippen molar-refractivity contribution in [2.45, 2.75) is 11.7 Å². The van der Waals surface area contributed by atoms with Gasteiger partial charge in [0.05, 0.1) is 12.9 Å². The number of hydrogen-bond acceptors (Lipinski definition) is 5. The Labute approximate surface area is 135 Å². The molecule has 0 radical (unpaired) electrons. The summed E-state index contributed by atoms with van der Waals surface area (Å²) in [5, 5.41) is 1.38. The molecule has 1 unspecified atom stereocenters. The zero-order chi connectivity index (χ0) is 16.0. The lowest BCUT2D eigenvalue weighted by Crippen LogP contribution is -2.27. The lowest BCUT2D eigenvalue weighted by atomic mass is 10.2. The molecule has 2 rings (SSSR count). The van der Waals surface area contributed by atoms with Gasteiger partial charge in [-0.1, -0.05) is 30.3 Å². The van der Waals surface area contributed by atoms with Crippen LogP contribution in [0.2, 0.25) is 0 Å². The Morgan fingerprint density at radius 1 is 1.41 bits per heavy atom. The van der Waals surface area contributed by atoms with Crippen molar-refractivity contribution in [3.05, 3.63) is 41.3 Å². The number of nitrogens with zero attached hydrogens (tertiary/aromatic N) is 1. The predicted octanol–water partition coefficient (Wildman–Crippen LogP) is 1.97. The summed E-state index contributed by atoms with van der Waals surface area (Å²) >= 11 is 1.45. The maximum absolute atomic E-state index is 12.3. The molecule has 0 amide bonds. The van der Waals surface area contributed by atoms with Gasteiger partial charge in [-0.2, -0.15) is 4.31 Å². The Morgan fingerprint density at radius 2 is 2.14 bits per heavy atom. The van der Waals surface area contributed by atoms with Gasteiger partial charge in [-0.15, -0.1) is 11.8 Å². The first-order valence-electron chi connectivity index (χ1n) is 6.93. The molecule has 0 bridgehead atoms. The number of ether oxygens (including phenoxy) is 1. The van der Waals surface area contributed by atoms with E-state index in [0.717, 1.165) is 12.0 Å². The number of benzene rings is 1. The minimum Gasteiger partial charge on any atom is -0.468 e. The fourth-order valence-corrected chi connectivity index (χ4v) is 4.51. The Morgan fingerprint density at radius 3 is 2.82 bits per heavy atom. The monoisotopic (exact) mass is 341 g/mol. The Kier molecular flexibility index (Phi) is 6.05. The summed E-state index contributed by atoms with van der Waals surface area (Å²) in [5.41, 5.74) is 0.849. The summed E-state index contributed by atoms with van der Waals surface area (Å²) in [7, 11) is -2.06. The maximum Gasteiger partial charge on any atom is 0.315 e. The molecule has 5 nitrogen and oxygen atoms in total. The van der Waals surface area contributed by atoms with Gasteiger partial charge in [0.2, 0.25) is 10.0 Å². The highest BCUT2D eigenvalue weighted by atomic mass is 32.2. The van der Waals surface area contributed by atoms with E-state index in [9.17, 15) is 13.2 Å². The minimum absolute atomic E-state index is 0.138. The maximum atomic E-state index is 12.3. The minimum atomic E-state index is -3.41. The molecule has 1 aromatic rings. The number of esters is 1. The van der Waals surface area contributed by atoms with Crippen LogP contribution in [0.3, 0.4) is 0 Å². The van der Waals surface area contributed by atoms with E-state index in [2.05, 4.69) is 4.74 Å². The van der Waals surface area contributed by atoms with Gasteiger partial charge in [-0.3, -0.25) is 4.79 Å². The van der Waals surface area contributed by atoms with Crippen LogP contribution >= 0.6 is 11.8 Å². The molecular weight excluding hydrogens is 322 g/mol. The molecule has 0 spiro atoms. The Balaban J connectivity index is 1.91. The highest BCUT2D eigenvalue weighted by molar-refractivity contribution is 8.00. The van der Waals surface area contributed by atoms with Crippen molar-refractivity contribution in [3.63, 3.8) is 0 Å². The largest absolute Gasteiger partial charge is 0.468 e. The van der Waals surface area contributed by atoms with E-state index in [-0.39, 0.29) is 17.0 Å². The van der Waals surface area contributed by atoms with Gasteiger partial charge < -0.3 is 4.74 Å². The lowest BCUT2D eigenvalue weighted by Gasteiger charge is -2.13. The summed E-state index contributed by atoms with van der Waals surface area (Å²) < 4.78 is 30.6. The molecule has 1 atom stereocenters. The van der Waals surface area contributed by atoms with Crippen LogP contribution in [0.1, 0.15) is 12.0 Å².